The van der Waals surface area contributed by atoms with Gasteiger partial charge in [-0.15, -0.1) is 0 Å². The van der Waals surface area contributed by atoms with Crippen molar-refractivity contribution in [1.82, 2.24) is 25.0 Å². The molecule has 0 bridgehead atoms. The van der Waals surface area contributed by atoms with Crippen molar-refractivity contribution in [3.8, 4) is 0 Å². The fourth-order valence-corrected chi connectivity index (χ4v) is 2.46. The highest BCUT2D eigenvalue weighted by molar-refractivity contribution is 7.99. The molecule has 2 heterocycles. The van der Waals surface area contributed by atoms with Gasteiger partial charge < -0.3 is 5.32 Å². The molecule has 0 spiro atoms. The highest BCUT2D eigenvalue weighted by Gasteiger charge is 2.01. The van der Waals surface area contributed by atoms with Crippen LogP contribution in [0.5, 0.6) is 0 Å². The number of aromatic amines is 1. The highest BCUT2D eigenvalue weighted by atomic mass is 32.2. The molecule has 2 N–H and O–H groups in total. The van der Waals surface area contributed by atoms with Crippen molar-refractivity contribution < 1.29 is 0 Å². The zero-order valence-electron chi connectivity index (χ0n) is 10.9. The average molecular weight is 286 g/mol. The molecule has 0 saturated carbocycles. The Morgan fingerprint density at radius 3 is 2.75 bits per heavy atom. The molecule has 0 radical (unpaired) electrons. The van der Waals surface area contributed by atoms with Gasteiger partial charge in [-0.1, -0.05) is 11.8 Å². The Hall–Kier alpha value is -2.28. The number of nitrogens with zero attached hydrogens (tertiary/aromatic N) is 4. The number of aryl methyl sites for hydroxylation is 1. The number of aromatic nitrogens is 5. The summed E-state index contributed by atoms with van der Waals surface area (Å²) in [5.41, 5.74) is 2.22. The van der Waals surface area contributed by atoms with Gasteiger partial charge in [0.2, 0.25) is 0 Å². The second-order valence-corrected chi connectivity index (χ2v) is 5.28. The molecule has 0 saturated heterocycles. The number of H-pyrrole nitrogens is 1. The molecule has 0 amide bonds. The number of anilines is 1. The van der Waals surface area contributed by atoms with E-state index in [0.29, 0.717) is 0 Å². The molecule has 0 aliphatic heterocycles. The van der Waals surface area contributed by atoms with Gasteiger partial charge in [0.15, 0.2) is 5.16 Å². The van der Waals surface area contributed by atoms with Crippen molar-refractivity contribution in [2.75, 3.05) is 5.32 Å². The zero-order valence-corrected chi connectivity index (χ0v) is 11.8. The van der Waals surface area contributed by atoms with E-state index in [1.165, 1.54) is 6.33 Å². The molecule has 20 heavy (non-hydrogen) atoms. The minimum atomic E-state index is 0.755. The van der Waals surface area contributed by atoms with Crippen LogP contribution in [0.4, 0.5) is 5.69 Å². The first-order valence-corrected chi connectivity index (χ1v) is 6.97. The SMILES string of the molecule is Cn1nccc1CNc1ccc(Sc2ncn[nH]2)cc1. The van der Waals surface area contributed by atoms with Gasteiger partial charge in [0.1, 0.15) is 6.33 Å². The molecule has 6 nitrogen and oxygen atoms in total. The van der Waals surface area contributed by atoms with E-state index in [1.54, 1.807) is 18.0 Å². The number of hydrogen-bond acceptors (Lipinski definition) is 5. The molecule has 2 aromatic heterocycles. The van der Waals surface area contributed by atoms with E-state index < -0.39 is 0 Å². The van der Waals surface area contributed by atoms with Crippen LogP contribution >= 0.6 is 11.8 Å². The highest BCUT2D eigenvalue weighted by Crippen LogP contribution is 2.25. The summed E-state index contributed by atoms with van der Waals surface area (Å²) in [5.74, 6) is 0. The molecule has 0 atom stereocenters. The van der Waals surface area contributed by atoms with Gasteiger partial charge in [-0.2, -0.15) is 10.2 Å². The summed E-state index contributed by atoms with van der Waals surface area (Å²) in [7, 11) is 1.94. The van der Waals surface area contributed by atoms with Gasteiger partial charge in [0, 0.05) is 23.8 Å². The van der Waals surface area contributed by atoms with Gasteiger partial charge in [-0.25, -0.2) is 4.98 Å². The first-order valence-electron chi connectivity index (χ1n) is 6.15. The van der Waals surface area contributed by atoms with Gasteiger partial charge in [0.05, 0.1) is 12.2 Å². The molecule has 0 unspecified atom stereocenters. The number of benzene rings is 1. The van der Waals surface area contributed by atoms with E-state index >= 15 is 0 Å². The number of rotatable bonds is 5. The van der Waals surface area contributed by atoms with E-state index in [2.05, 4.69) is 49.9 Å². The van der Waals surface area contributed by atoms with Crippen LogP contribution in [0.1, 0.15) is 5.69 Å². The normalized spacial score (nSPS) is 10.7. The summed E-state index contributed by atoms with van der Waals surface area (Å²) in [5, 5.41) is 15.0. The topological polar surface area (TPSA) is 71.4 Å². The van der Waals surface area contributed by atoms with Crippen LogP contribution in [0.15, 0.2) is 52.9 Å². The Morgan fingerprint density at radius 1 is 1.25 bits per heavy atom. The van der Waals surface area contributed by atoms with Gasteiger partial charge in [-0.05, 0) is 30.3 Å². The molecule has 7 heteroatoms. The van der Waals surface area contributed by atoms with Crippen molar-refractivity contribution in [2.24, 2.45) is 7.05 Å². The monoisotopic (exact) mass is 286 g/mol. The fourth-order valence-electron chi connectivity index (χ4n) is 1.76. The smallest absolute Gasteiger partial charge is 0.188 e. The average Bonchev–Trinajstić information content (AvgIpc) is 3.10. The summed E-state index contributed by atoms with van der Waals surface area (Å²) in [4.78, 5) is 5.20. The minimum Gasteiger partial charge on any atom is -0.379 e. The summed E-state index contributed by atoms with van der Waals surface area (Å²) in [6, 6.07) is 10.2. The summed E-state index contributed by atoms with van der Waals surface area (Å²) < 4.78 is 1.86. The Kier molecular flexibility index (Phi) is 3.69. The lowest BCUT2D eigenvalue weighted by Gasteiger charge is -2.07. The maximum absolute atomic E-state index is 4.14. The van der Waals surface area contributed by atoms with Crippen LogP contribution in [0.25, 0.3) is 0 Å². The zero-order chi connectivity index (χ0) is 13.8. The van der Waals surface area contributed by atoms with E-state index in [4.69, 9.17) is 0 Å². The van der Waals surface area contributed by atoms with Crippen LogP contribution < -0.4 is 5.32 Å². The first kappa shape index (κ1) is 12.7. The van der Waals surface area contributed by atoms with E-state index in [0.717, 1.165) is 28.0 Å². The maximum Gasteiger partial charge on any atom is 0.188 e. The van der Waals surface area contributed by atoms with Crippen LogP contribution in [0.3, 0.4) is 0 Å². The quantitative estimate of drug-likeness (QED) is 0.753. The second-order valence-electron chi connectivity index (χ2n) is 4.22. The van der Waals surface area contributed by atoms with Gasteiger partial charge in [0.25, 0.3) is 0 Å². The lowest BCUT2D eigenvalue weighted by Crippen LogP contribution is -2.05. The maximum atomic E-state index is 4.14. The van der Waals surface area contributed by atoms with Crippen LogP contribution in [-0.2, 0) is 13.6 Å². The van der Waals surface area contributed by atoms with Crippen LogP contribution in [-0.4, -0.2) is 25.0 Å². The Morgan fingerprint density at radius 2 is 2.10 bits per heavy atom. The third-order valence-corrected chi connectivity index (χ3v) is 3.76. The first-order chi connectivity index (χ1) is 9.81. The number of nitrogens with one attached hydrogen (secondary N) is 2. The second kappa shape index (κ2) is 5.79. The van der Waals surface area contributed by atoms with Crippen molar-refractivity contribution in [2.45, 2.75) is 16.6 Å². The lowest BCUT2D eigenvalue weighted by molar-refractivity contribution is 0.720. The third-order valence-electron chi connectivity index (χ3n) is 2.86. The summed E-state index contributed by atoms with van der Waals surface area (Å²) >= 11 is 1.55. The predicted octanol–water partition coefficient (Wildman–Crippen LogP) is 2.30. The van der Waals surface area contributed by atoms with E-state index in [9.17, 15) is 0 Å². The van der Waals surface area contributed by atoms with E-state index in [-0.39, 0.29) is 0 Å². The molecule has 102 valence electrons. The van der Waals surface area contributed by atoms with Gasteiger partial charge in [-0.3, -0.25) is 9.78 Å². The standard InChI is InChI=1S/C13H14N6S/c1-19-11(6-7-17-19)8-14-10-2-4-12(5-3-10)20-13-15-9-16-18-13/h2-7,9,14H,8H2,1H3,(H,15,16,18). The van der Waals surface area contributed by atoms with Crippen molar-refractivity contribution in [3.63, 3.8) is 0 Å². The molecular formula is C13H14N6S. The van der Waals surface area contributed by atoms with Crippen molar-refractivity contribution in [1.29, 1.82) is 0 Å². The van der Waals surface area contributed by atoms with Crippen LogP contribution in [0, 0.1) is 0 Å². The Balaban J connectivity index is 1.60. The van der Waals surface area contributed by atoms with Crippen molar-refractivity contribution >= 4 is 17.4 Å². The molecule has 0 aliphatic carbocycles. The molecule has 3 aromatic rings. The Bertz CT molecular complexity index is 658. The lowest BCUT2D eigenvalue weighted by atomic mass is 10.3. The molecule has 3 rings (SSSR count). The molecule has 0 aliphatic rings. The largest absolute Gasteiger partial charge is 0.379 e. The third kappa shape index (κ3) is 3.00. The van der Waals surface area contributed by atoms with Crippen molar-refractivity contribution in [3.05, 3.63) is 48.5 Å². The summed E-state index contributed by atoms with van der Waals surface area (Å²) in [6.45, 7) is 0.755. The molecular weight excluding hydrogens is 272 g/mol. The predicted molar refractivity (Wildman–Crippen MR) is 77.5 cm³/mol. The molecule has 1 aromatic carbocycles. The fraction of sp³-hybridized carbons (Fsp3) is 0.154. The number of hydrogen-bond donors (Lipinski definition) is 2. The molecule has 0 fully saturated rings. The van der Waals surface area contributed by atoms with Crippen LogP contribution in [0.2, 0.25) is 0 Å². The van der Waals surface area contributed by atoms with Gasteiger partial charge >= 0.3 is 0 Å². The summed E-state index contributed by atoms with van der Waals surface area (Å²) in [6.07, 6.45) is 3.31. The minimum absolute atomic E-state index is 0.755. The van der Waals surface area contributed by atoms with E-state index in [1.807, 2.05) is 17.8 Å². The Labute approximate surface area is 120 Å².